The van der Waals surface area contributed by atoms with Gasteiger partial charge in [-0.1, -0.05) is 54.6 Å². The summed E-state index contributed by atoms with van der Waals surface area (Å²) in [5, 5.41) is 0. The fraction of sp³-hybridized carbons (Fsp3) is 0.143. The summed E-state index contributed by atoms with van der Waals surface area (Å²) in [6.45, 7) is -0.271. The molecule has 1 heterocycles. The zero-order chi connectivity index (χ0) is 25.3. The highest BCUT2D eigenvalue weighted by Gasteiger charge is 2.32. The number of hydrogen-bond acceptors (Lipinski definition) is 8. The van der Waals surface area contributed by atoms with Crippen molar-refractivity contribution < 1.29 is 38.1 Å². The van der Waals surface area contributed by atoms with Crippen LogP contribution in [0, 0.1) is 0 Å². The maximum Gasteiger partial charge on any atom is 0.374 e. The van der Waals surface area contributed by atoms with Crippen LogP contribution in [-0.4, -0.2) is 42.7 Å². The van der Waals surface area contributed by atoms with Gasteiger partial charge in [0.2, 0.25) is 5.76 Å². The molecule has 0 bridgehead atoms. The maximum atomic E-state index is 12.6. The molecule has 0 saturated carbocycles. The molecular formula is C28H22O8. The van der Waals surface area contributed by atoms with Gasteiger partial charge < -0.3 is 18.9 Å². The second-order valence-electron chi connectivity index (χ2n) is 7.82. The third-order valence-corrected chi connectivity index (χ3v) is 5.20. The van der Waals surface area contributed by atoms with Gasteiger partial charge in [-0.05, 0) is 36.4 Å². The highest BCUT2D eigenvalue weighted by molar-refractivity contribution is 5.96. The largest absolute Gasteiger partial charge is 0.458 e. The van der Waals surface area contributed by atoms with Crippen molar-refractivity contribution in [2.75, 3.05) is 6.61 Å². The van der Waals surface area contributed by atoms with E-state index in [0.29, 0.717) is 11.1 Å². The lowest BCUT2D eigenvalue weighted by molar-refractivity contribution is -0.143. The van der Waals surface area contributed by atoms with Gasteiger partial charge in [0.15, 0.2) is 0 Å². The summed E-state index contributed by atoms with van der Waals surface area (Å²) in [6.07, 6.45) is -0.478. The first kappa shape index (κ1) is 24.4. The van der Waals surface area contributed by atoms with E-state index in [-0.39, 0.29) is 24.4 Å². The van der Waals surface area contributed by atoms with Gasteiger partial charge in [-0.15, -0.1) is 0 Å². The summed E-state index contributed by atoms with van der Waals surface area (Å²) in [4.78, 5) is 49.6. The van der Waals surface area contributed by atoms with E-state index in [1.807, 2.05) is 0 Å². The molecule has 8 heteroatoms. The van der Waals surface area contributed by atoms with E-state index in [0.717, 1.165) is 0 Å². The lowest BCUT2D eigenvalue weighted by Crippen LogP contribution is -2.29. The maximum absolute atomic E-state index is 12.6. The standard InChI is InChI=1S/C28H22O8/c29-25(19-10-4-1-5-11-19)33-18-23(35-26(30)20-12-6-2-7-13-20)16-22-17-24(28(32)34-22)36-27(31)21-14-8-3-9-15-21/h1-15,17,22-23H,16,18H2/t22-,23-/m0/s1. The molecule has 0 aromatic heterocycles. The molecule has 8 nitrogen and oxygen atoms in total. The van der Waals surface area contributed by atoms with E-state index in [4.69, 9.17) is 18.9 Å². The van der Waals surface area contributed by atoms with Crippen molar-refractivity contribution in [2.24, 2.45) is 0 Å². The van der Waals surface area contributed by atoms with Crippen LogP contribution in [0.15, 0.2) is 103 Å². The highest BCUT2D eigenvalue weighted by Crippen LogP contribution is 2.22. The Kier molecular flexibility index (Phi) is 7.87. The Morgan fingerprint density at radius 3 is 1.78 bits per heavy atom. The molecule has 0 N–H and O–H groups in total. The van der Waals surface area contributed by atoms with Crippen LogP contribution >= 0.6 is 0 Å². The molecule has 182 valence electrons. The first-order valence-corrected chi connectivity index (χ1v) is 11.2. The number of carbonyl (C=O) groups excluding carboxylic acids is 4. The predicted octanol–water partition coefficient (Wildman–Crippen LogP) is 4.13. The number of carbonyl (C=O) groups is 4. The van der Waals surface area contributed by atoms with Crippen molar-refractivity contribution >= 4 is 23.9 Å². The SMILES string of the molecule is O=C1O[C@@H](C[C@@H](COC(=O)c2ccccc2)OC(=O)c2ccccc2)C=C1OC(=O)c1ccccc1. The van der Waals surface area contributed by atoms with Crippen LogP contribution in [0.5, 0.6) is 0 Å². The molecule has 0 radical (unpaired) electrons. The van der Waals surface area contributed by atoms with Crippen LogP contribution in [0.2, 0.25) is 0 Å². The van der Waals surface area contributed by atoms with Crippen LogP contribution in [0.3, 0.4) is 0 Å². The third-order valence-electron chi connectivity index (χ3n) is 5.20. The Bertz CT molecular complexity index is 1250. The molecule has 36 heavy (non-hydrogen) atoms. The summed E-state index contributed by atoms with van der Waals surface area (Å²) in [6, 6.07) is 24.9. The smallest absolute Gasteiger partial charge is 0.374 e. The summed E-state index contributed by atoms with van der Waals surface area (Å²) >= 11 is 0. The lowest BCUT2D eigenvalue weighted by atomic mass is 10.1. The summed E-state index contributed by atoms with van der Waals surface area (Å²) in [5.41, 5.74) is 0.929. The monoisotopic (exact) mass is 486 g/mol. The number of cyclic esters (lactones) is 1. The average Bonchev–Trinajstić information content (AvgIpc) is 3.26. The minimum Gasteiger partial charge on any atom is -0.458 e. The Hall–Kier alpha value is -4.72. The quantitative estimate of drug-likeness (QED) is 0.329. The Morgan fingerprint density at radius 1 is 0.722 bits per heavy atom. The van der Waals surface area contributed by atoms with E-state index < -0.39 is 36.1 Å². The molecule has 3 aromatic rings. The number of hydrogen-bond donors (Lipinski definition) is 0. The first-order valence-electron chi connectivity index (χ1n) is 11.2. The first-order chi connectivity index (χ1) is 17.5. The number of esters is 4. The van der Waals surface area contributed by atoms with Gasteiger partial charge in [0.1, 0.15) is 18.8 Å². The van der Waals surface area contributed by atoms with Gasteiger partial charge in [-0.2, -0.15) is 0 Å². The zero-order valence-corrected chi connectivity index (χ0v) is 19.1. The van der Waals surface area contributed by atoms with Crippen molar-refractivity contribution in [1.82, 2.24) is 0 Å². The van der Waals surface area contributed by atoms with Crippen LogP contribution in [0.1, 0.15) is 37.5 Å². The van der Waals surface area contributed by atoms with Crippen molar-refractivity contribution in [3.8, 4) is 0 Å². The highest BCUT2D eigenvalue weighted by atomic mass is 16.6. The average molecular weight is 486 g/mol. The molecule has 0 fully saturated rings. The van der Waals surface area contributed by atoms with Crippen molar-refractivity contribution in [3.63, 3.8) is 0 Å². The van der Waals surface area contributed by atoms with Crippen LogP contribution in [0.25, 0.3) is 0 Å². The number of benzene rings is 3. The Labute approximate surface area is 207 Å². The molecule has 1 aliphatic heterocycles. The molecule has 0 aliphatic carbocycles. The van der Waals surface area contributed by atoms with E-state index in [1.165, 1.54) is 6.08 Å². The normalized spacial score (nSPS) is 15.3. The lowest BCUT2D eigenvalue weighted by Gasteiger charge is -2.20. The van der Waals surface area contributed by atoms with Gasteiger partial charge in [-0.25, -0.2) is 19.2 Å². The molecule has 1 aliphatic rings. The molecule has 0 saturated heterocycles. The minimum atomic E-state index is -0.941. The zero-order valence-electron chi connectivity index (χ0n) is 19.1. The van der Waals surface area contributed by atoms with E-state index in [2.05, 4.69) is 0 Å². The predicted molar refractivity (Wildman–Crippen MR) is 127 cm³/mol. The van der Waals surface area contributed by atoms with Crippen LogP contribution in [0.4, 0.5) is 0 Å². The van der Waals surface area contributed by atoms with Crippen molar-refractivity contribution in [1.29, 1.82) is 0 Å². The Morgan fingerprint density at radius 2 is 1.22 bits per heavy atom. The minimum absolute atomic E-state index is 0.0151. The molecule has 2 atom stereocenters. The topological polar surface area (TPSA) is 105 Å². The van der Waals surface area contributed by atoms with Gasteiger partial charge in [-0.3, -0.25) is 0 Å². The molecule has 0 unspecified atom stereocenters. The van der Waals surface area contributed by atoms with Gasteiger partial charge >= 0.3 is 23.9 Å². The van der Waals surface area contributed by atoms with Crippen LogP contribution < -0.4 is 0 Å². The van der Waals surface area contributed by atoms with E-state index in [9.17, 15) is 19.2 Å². The summed E-state index contributed by atoms with van der Waals surface area (Å²) in [5.74, 6) is -3.00. The Balaban J connectivity index is 1.43. The molecule has 0 spiro atoms. The summed E-state index contributed by atoms with van der Waals surface area (Å²) in [7, 11) is 0. The second kappa shape index (κ2) is 11.6. The second-order valence-corrected chi connectivity index (χ2v) is 7.82. The molecule has 0 amide bonds. The third kappa shape index (κ3) is 6.44. The molecular weight excluding hydrogens is 464 g/mol. The van der Waals surface area contributed by atoms with Crippen molar-refractivity contribution in [3.05, 3.63) is 120 Å². The van der Waals surface area contributed by atoms with E-state index in [1.54, 1.807) is 91.0 Å². The van der Waals surface area contributed by atoms with Crippen molar-refractivity contribution in [2.45, 2.75) is 18.6 Å². The number of rotatable bonds is 9. The van der Waals surface area contributed by atoms with Gasteiger partial charge in [0.25, 0.3) is 0 Å². The van der Waals surface area contributed by atoms with Gasteiger partial charge in [0.05, 0.1) is 16.7 Å². The number of ether oxygens (including phenoxy) is 4. The fourth-order valence-corrected chi connectivity index (χ4v) is 3.42. The summed E-state index contributed by atoms with van der Waals surface area (Å²) < 4.78 is 21.4. The van der Waals surface area contributed by atoms with E-state index >= 15 is 0 Å². The van der Waals surface area contributed by atoms with Crippen LogP contribution in [-0.2, 0) is 23.7 Å². The van der Waals surface area contributed by atoms with Gasteiger partial charge in [0, 0.05) is 12.5 Å². The fourth-order valence-electron chi connectivity index (χ4n) is 3.42. The molecule has 4 rings (SSSR count). The molecule has 3 aromatic carbocycles.